The fraction of sp³-hybridized carbons (Fsp3) is 0.118. The van der Waals surface area contributed by atoms with E-state index in [-0.39, 0.29) is 43.5 Å². The van der Waals surface area contributed by atoms with E-state index in [1.54, 1.807) is 0 Å². The van der Waals surface area contributed by atoms with Crippen LogP contribution in [0.5, 0.6) is 11.5 Å². The van der Waals surface area contributed by atoms with E-state index in [2.05, 4.69) is 207 Å². The molecule has 382 valence electrons. The van der Waals surface area contributed by atoms with Gasteiger partial charge in [-0.1, -0.05) is 149 Å². The number of pyridine rings is 1. The van der Waals surface area contributed by atoms with E-state index in [1.807, 2.05) is 48.7 Å². The number of anilines is 4. The van der Waals surface area contributed by atoms with Gasteiger partial charge in [0.1, 0.15) is 17.5 Å². The van der Waals surface area contributed by atoms with Crippen molar-refractivity contribution in [3.05, 3.63) is 242 Å². The fourth-order valence-electron chi connectivity index (χ4n) is 10.8. The zero-order valence-corrected chi connectivity index (χ0v) is 45.6. The van der Waals surface area contributed by atoms with Crippen molar-refractivity contribution in [3.63, 3.8) is 0 Å². The third-order valence-electron chi connectivity index (χ3n) is 14.7. The molecule has 9 heteroatoms. The first kappa shape index (κ1) is 49.5. The first-order valence-corrected chi connectivity index (χ1v) is 25.6. The van der Waals surface area contributed by atoms with Crippen LogP contribution in [0.3, 0.4) is 0 Å². The summed E-state index contributed by atoms with van der Waals surface area (Å²) in [4.78, 5) is 9.27. The van der Waals surface area contributed by atoms with Crippen molar-refractivity contribution in [2.45, 2.75) is 52.4 Å². The normalized spacial score (nSPS) is 12.7. The maximum Gasteiger partial charge on any atom is 0.135 e. The van der Waals surface area contributed by atoms with E-state index in [9.17, 15) is 8.78 Å². The van der Waals surface area contributed by atoms with Gasteiger partial charge in [-0.15, -0.1) is 42.4 Å². The van der Waals surface area contributed by atoms with E-state index < -0.39 is 0 Å². The van der Waals surface area contributed by atoms with Gasteiger partial charge in [0.05, 0.1) is 11.0 Å². The largest absolute Gasteiger partial charge is 0.509 e. The second-order valence-electron chi connectivity index (χ2n) is 21.7. The summed E-state index contributed by atoms with van der Waals surface area (Å²) in [5.41, 5.74) is 13.6. The molecule has 0 aliphatic carbocycles. The van der Waals surface area contributed by atoms with Crippen LogP contribution in [0.1, 0.15) is 52.7 Å². The average molecular weight is 1190 g/mol. The number of halogens is 2. The van der Waals surface area contributed by atoms with Gasteiger partial charge < -0.3 is 23.7 Å². The summed E-state index contributed by atoms with van der Waals surface area (Å²) in [6.45, 7) is 15.3. The van der Waals surface area contributed by atoms with Crippen LogP contribution in [0.2, 0.25) is 0 Å². The van der Waals surface area contributed by atoms with Gasteiger partial charge in [0, 0.05) is 83.2 Å². The standard InChI is InChI=1S/C68H52F2N5O.Pt/c1-67(2,3)45-33-34-71-65(37-45)75-61-20-12-9-17-55(61)56-32-31-51(41-64(56)75)76-52-39-49(38-50(40-52)74-59-18-10-7-15-53(59)54-16-8-11-19-60(54)74)72-42-73(63-22-14-13-21-62(63)72)66-57(43-23-27-47(69)28-24-43)35-46(68(4,5)6)36-58(66)44-25-29-48(70)30-26-44;/h7-38,40,42H,1-6H3;/q-3;. The Bertz CT molecular complexity index is 4120. The Hall–Kier alpha value is -8.32. The Morgan fingerprint density at radius 2 is 1.00 bits per heavy atom. The van der Waals surface area contributed by atoms with Crippen LogP contribution >= 0.6 is 0 Å². The molecule has 0 atom stereocenters. The molecule has 0 saturated heterocycles. The monoisotopic (exact) mass is 1190 g/mol. The molecule has 0 bridgehead atoms. The molecule has 1 aliphatic rings. The summed E-state index contributed by atoms with van der Waals surface area (Å²) in [6, 6.07) is 71.4. The van der Waals surface area contributed by atoms with Crippen LogP contribution in [0.15, 0.2) is 200 Å². The van der Waals surface area contributed by atoms with Crippen molar-refractivity contribution in [2.75, 3.05) is 9.80 Å². The Kier molecular flexibility index (Phi) is 12.3. The Labute approximate surface area is 461 Å². The number of rotatable bonds is 8. The molecule has 77 heavy (non-hydrogen) atoms. The van der Waals surface area contributed by atoms with Gasteiger partial charge >= 0.3 is 0 Å². The Balaban J connectivity index is 0.00000596. The molecule has 13 rings (SSSR count). The maximum absolute atomic E-state index is 14.7. The zero-order valence-electron chi connectivity index (χ0n) is 43.3. The van der Waals surface area contributed by atoms with Crippen LogP contribution in [0.4, 0.5) is 31.5 Å². The quantitative estimate of drug-likeness (QED) is 0.142. The van der Waals surface area contributed by atoms with Gasteiger partial charge in [-0.3, -0.25) is 0 Å². The molecule has 3 aromatic heterocycles. The van der Waals surface area contributed by atoms with Gasteiger partial charge in [-0.2, -0.15) is 6.07 Å². The molecule has 1 aliphatic heterocycles. The zero-order chi connectivity index (χ0) is 52.0. The maximum atomic E-state index is 14.7. The van der Waals surface area contributed by atoms with Crippen molar-refractivity contribution >= 4 is 66.4 Å². The van der Waals surface area contributed by atoms with Gasteiger partial charge in [-0.05, 0) is 117 Å². The summed E-state index contributed by atoms with van der Waals surface area (Å²) < 4.78 is 41.0. The summed E-state index contributed by atoms with van der Waals surface area (Å²) in [5.74, 6) is 1.17. The molecule has 0 fully saturated rings. The van der Waals surface area contributed by atoms with Crippen molar-refractivity contribution < 1.29 is 34.6 Å². The number of ether oxygens (including phenoxy) is 1. The number of para-hydroxylation sites is 5. The molecule has 6 nitrogen and oxygen atoms in total. The third kappa shape index (κ3) is 8.75. The van der Waals surface area contributed by atoms with E-state index >= 15 is 0 Å². The van der Waals surface area contributed by atoms with Crippen molar-refractivity contribution in [2.24, 2.45) is 0 Å². The van der Waals surface area contributed by atoms with E-state index in [0.29, 0.717) is 11.5 Å². The number of hydrogen-bond donors (Lipinski definition) is 0. The van der Waals surface area contributed by atoms with Gasteiger partial charge in [-0.25, -0.2) is 13.8 Å². The number of benzene rings is 9. The Morgan fingerprint density at radius 1 is 0.481 bits per heavy atom. The summed E-state index contributed by atoms with van der Waals surface area (Å²) in [6.07, 6.45) is 1.89. The summed E-state index contributed by atoms with van der Waals surface area (Å²) >= 11 is 0. The molecule has 9 aromatic carbocycles. The number of hydrogen-bond acceptors (Lipinski definition) is 4. The minimum absolute atomic E-state index is 0. The number of fused-ring (bicyclic) bond motifs is 7. The minimum Gasteiger partial charge on any atom is -0.509 e. The van der Waals surface area contributed by atoms with Crippen molar-refractivity contribution in [1.29, 1.82) is 0 Å². The van der Waals surface area contributed by atoms with Crippen LogP contribution in [-0.2, 0) is 31.9 Å². The van der Waals surface area contributed by atoms with Crippen molar-refractivity contribution in [3.8, 4) is 45.3 Å². The minimum atomic E-state index is -0.320. The topological polar surface area (TPSA) is 38.5 Å². The SMILES string of the molecule is CC(C)(C)c1ccnc(-n2c3[c-]c(Oc4[c-]c(N5[CH-]N(c6c(-c7ccc(F)cc7)cc(C(C)(C)C)cc6-c6ccc(F)cc6)c6ccccc65)cc(-n5c6ccccc6c6ccccc65)c4)ccc3c3ccccc32)c1.[Pt]. The second kappa shape index (κ2) is 19.1. The predicted octanol–water partition coefficient (Wildman–Crippen LogP) is 18.3. The summed E-state index contributed by atoms with van der Waals surface area (Å²) in [7, 11) is 0. The molecule has 0 N–H and O–H groups in total. The average Bonchev–Trinajstić information content (AvgIpc) is 4.26. The predicted molar refractivity (Wildman–Crippen MR) is 307 cm³/mol. The number of aromatic nitrogens is 3. The molecular weight excluding hydrogens is 1140 g/mol. The second-order valence-corrected chi connectivity index (χ2v) is 21.7. The van der Waals surface area contributed by atoms with Gasteiger partial charge in [0.25, 0.3) is 0 Å². The van der Waals surface area contributed by atoms with Crippen molar-refractivity contribution in [1.82, 2.24) is 14.1 Å². The van der Waals surface area contributed by atoms with Crippen LogP contribution in [-0.4, -0.2) is 14.1 Å². The third-order valence-corrected chi connectivity index (χ3v) is 14.7. The summed E-state index contributed by atoms with van der Waals surface area (Å²) in [5, 5.41) is 4.40. The van der Waals surface area contributed by atoms with Crippen LogP contribution in [0, 0.1) is 30.4 Å². The molecule has 0 unspecified atom stereocenters. The molecule has 0 radical (unpaired) electrons. The van der Waals surface area contributed by atoms with E-state index in [4.69, 9.17) is 9.72 Å². The van der Waals surface area contributed by atoms with E-state index in [0.717, 1.165) is 106 Å². The first-order valence-electron chi connectivity index (χ1n) is 25.6. The molecule has 0 saturated carbocycles. The smallest absolute Gasteiger partial charge is 0.135 e. The van der Waals surface area contributed by atoms with E-state index in [1.165, 1.54) is 29.8 Å². The molecule has 12 aromatic rings. The first-order chi connectivity index (χ1) is 36.7. The van der Waals surface area contributed by atoms with Crippen LogP contribution < -0.4 is 14.5 Å². The molecular formula is C68H52F2N5OPt-3. The molecule has 0 amide bonds. The molecule has 4 heterocycles. The van der Waals surface area contributed by atoms with Gasteiger partial charge in [0.2, 0.25) is 0 Å². The number of nitrogens with zero attached hydrogens (tertiary/aromatic N) is 5. The Morgan fingerprint density at radius 3 is 1.57 bits per heavy atom. The van der Waals surface area contributed by atoms with Gasteiger partial charge in [0.15, 0.2) is 0 Å². The van der Waals surface area contributed by atoms with Crippen LogP contribution in [0.25, 0.3) is 77.4 Å². The molecule has 0 spiro atoms. The fourth-order valence-corrected chi connectivity index (χ4v) is 10.8.